The smallest absolute Gasteiger partial charge is 0.298 e. The SMILES string of the molecule is O=C1SC(=Cc2cccc([N+](=O)[O-])c2)C(=O)N1c1cccc(O)c1. The number of hydrogen-bond donors (Lipinski definition) is 1. The van der Waals surface area contributed by atoms with E-state index < -0.39 is 16.1 Å². The van der Waals surface area contributed by atoms with Crippen LogP contribution in [0.2, 0.25) is 0 Å². The molecule has 1 N–H and O–H groups in total. The lowest BCUT2D eigenvalue weighted by atomic mass is 10.2. The molecule has 1 heterocycles. The topological polar surface area (TPSA) is 101 Å². The molecule has 0 spiro atoms. The zero-order chi connectivity index (χ0) is 17.3. The standard InChI is InChI=1S/C16H10N2O5S/c19-13-6-2-4-11(9-13)17-15(20)14(24-16(17)21)8-10-3-1-5-12(7-10)18(22)23/h1-9,19H. The van der Waals surface area contributed by atoms with Crippen LogP contribution in [0.4, 0.5) is 16.2 Å². The zero-order valence-electron chi connectivity index (χ0n) is 12.1. The lowest BCUT2D eigenvalue weighted by Crippen LogP contribution is -2.27. The molecule has 0 unspecified atom stereocenters. The third-order valence-electron chi connectivity index (χ3n) is 3.26. The maximum atomic E-state index is 12.5. The molecule has 1 saturated heterocycles. The fraction of sp³-hybridized carbons (Fsp3) is 0. The molecular weight excluding hydrogens is 332 g/mol. The number of thioether (sulfide) groups is 1. The molecule has 2 aromatic rings. The van der Waals surface area contributed by atoms with E-state index in [2.05, 4.69) is 0 Å². The van der Waals surface area contributed by atoms with E-state index in [0.717, 1.165) is 16.7 Å². The van der Waals surface area contributed by atoms with Gasteiger partial charge in [-0.15, -0.1) is 0 Å². The Morgan fingerprint density at radius 2 is 1.88 bits per heavy atom. The quantitative estimate of drug-likeness (QED) is 0.520. The predicted molar refractivity (Wildman–Crippen MR) is 89.7 cm³/mol. The first-order valence-corrected chi connectivity index (χ1v) is 7.59. The van der Waals surface area contributed by atoms with Gasteiger partial charge in [-0.3, -0.25) is 19.7 Å². The van der Waals surface area contributed by atoms with Crippen LogP contribution in [0.5, 0.6) is 5.75 Å². The molecule has 2 aromatic carbocycles. The van der Waals surface area contributed by atoms with E-state index >= 15 is 0 Å². The molecule has 1 fully saturated rings. The van der Waals surface area contributed by atoms with Gasteiger partial charge in [0.25, 0.3) is 16.8 Å². The maximum Gasteiger partial charge on any atom is 0.298 e. The Bertz CT molecular complexity index is 894. The van der Waals surface area contributed by atoms with Gasteiger partial charge in [0, 0.05) is 18.2 Å². The van der Waals surface area contributed by atoms with Gasteiger partial charge in [-0.2, -0.15) is 0 Å². The molecule has 120 valence electrons. The molecule has 1 aliphatic heterocycles. The Morgan fingerprint density at radius 1 is 1.12 bits per heavy atom. The molecule has 0 saturated carbocycles. The zero-order valence-corrected chi connectivity index (χ0v) is 12.9. The minimum atomic E-state index is -0.540. The molecule has 2 amide bonds. The Hall–Kier alpha value is -3.13. The van der Waals surface area contributed by atoms with Gasteiger partial charge < -0.3 is 5.11 Å². The molecule has 0 bridgehead atoms. The van der Waals surface area contributed by atoms with Crippen LogP contribution in [0, 0.1) is 10.1 Å². The van der Waals surface area contributed by atoms with Gasteiger partial charge >= 0.3 is 0 Å². The van der Waals surface area contributed by atoms with Crippen molar-refractivity contribution in [3.63, 3.8) is 0 Å². The molecule has 24 heavy (non-hydrogen) atoms. The van der Waals surface area contributed by atoms with Gasteiger partial charge in [0.05, 0.1) is 15.5 Å². The molecule has 3 rings (SSSR count). The number of benzene rings is 2. The Labute approximate surface area is 140 Å². The summed E-state index contributed by atoms with van der Waals surface area (Å²) in [5.41, 5.74) is 0.613. The van der Waals surface area contributed by atoms with Crippen LogP contribution >= 0.6 is 11.8 Å². The van der Waals surface area contributed by atoms with E-state index in [1.54, 1.807) is 6.07 Å². The number of carbonyl (C=O) groups excluding carboxylic acids is 2. The van der Waals surface area contributed by atoms with Crippen LogP contribution < -0.4 is 4.90 Å². The van der Waals surface area contributed by atoms with Crippen LogP contribution in [0.15, 0.2) is 53.4 Å². The summed E-state index contributed by atoms with van der Waals surface area (Å²) < 4.78 is 0. The van der Waals surface area contributed by atoms with Crippen LogP contribution in [0.25, 0.3) is 6.08 Å². The molecule has 0 aromatic heterocycles. The largest absolute Gasteiger partial charge is 0.508 e. The van der Waals surface area contributed by atoms with Gasteiger partial charge in [-0.1, -0.05) is 18.2 Å². The fourth-order valence-electron chi connectivity index (χ4n) is 2.20. The van der Waals surface area contributed by atoms with Crippen LogP contribution in [-0.2, 0) is 4.79 Å². The molecule has 0 radical (unpaired) electrons. The van der Waals surface area contributed by atoms with Crippen molar-refractivity contribution >= 4 is 40.4 Å². The predicted octanol–water partition coefficient (Wildman–Crippen LogP) is 3.54. The van der Waals surface area contributed by atoms with E-state index in [1.807, 2.05) is 0 Å². The lowest BCUT2D eigenvalue weighted by Gasteiger charge is -2.12. The number of aromatic hydroxyl groups is 1. The number of nitrogens with zero attached hydrogens (tertiary/aromatic N) is 2. The van der Waals surface area contributed by atoms with E-state index in [0.29, 0.717) is 5.56 Å². The minimum Gasteiger partial charge on any atom is -0.508 e. The fourth-order valence-corrected chi connectivity index (χ4v) is 3.04. The first kappa shape index (κ1) is 15.8. The molecule has 1 aliphatic rings. The second-order valence-electron chi connectivity index (χ2n) is 4.89. The van der Waals surface area contributed by atoms with Gasteiger partial charge in [0.1, 0.15) is 5.75 Å². The monoisotopic (exact) mass is 342 g/mol. The summed E-state index contributed by atoms with van der Waals surface area (Å²) in [6.45, 7) is 0. The van der Waals surface area contributed by atoms with Gasteiger partial charge in [-0.05, 0) is 35.5 Å². The number of anilines is 1. The number of amides is 2. The Balaban J connectivity index is 1.94. The third kappa shape index (κ3) is 2.99. The molecule has 7 nitrogen and oxygen atoms in total. The van der Waals surface area contributed by atoms with E-state index in [-0.39, 0.29) is 22.0 Å². The molecule has 0 atom stereocenters. The molecule has 0 aliphatic carbocycles. The summed E-state index contributed by atoms with van der Waals surface area (Å²) in [6, 6.07) is 11.6. The highest BCUT2D eigenvalue weighted by atomic mass is 32.2. The van der Waals surface area contributed by atoms with E-state index in [1.165, 1.54) is 48.5 Å². The average molecular weight is 342 g/mol. The molecular formula is C16H10N2O5S. The highest BCUT2D eigenvalue weighted by molar-refractivity contribution is 8.19. The van der Waals surface area contributed by atoms with Crippen LogP contribution in [0.3, 0.4) is 0 Å². The summed E-state index contributed by atoms with van der Waals surface area (Å²) in [5, 5.41) is 19.8. The van der Waals surface area contributed by atoms with Crippen molar-refractivity contribution in [2.45, 2.75) is 0 Å². The van der Waals surface area contributed by atoms with Gasteiger partial charge in [0.2, 0.25) is 0 Å². The van der Waals surface area contributed by atoms with Gasteiger partial charge in [-0.25, -0.2) is 4.90 Å². The van der Waals surface area contributed by atoms with Gasteiger partial charge in [0.15, 0.2) is 0 Å². The van der Waals surface area contributed by atoms with Crippen molar-refractivity contribution in [1.82, 2.24) is 0 Å². The number of phenolic OH excluding ortho intramolecular Hbond substituents is 1. The first-order chi connectivity index (χ1) is 11.5. The Morgan fingerprint density at radius 3 is 2.58 bits per heavy atom. The third-order valence-corrected chi connectivity index (χ3v) is 4.13. The number of imide groups is 1. The highest BCUT2D eigenvalue weighted by Gasteiger charge is 2.36. The summed E-state index contributed by atoms with van der Waals surface area (Å²) in [4.78, 5) is 35.9. The summed E-state index contributed by atoms with van der Waals surface area (Å²) >= 11 is 0.739. The van der Waals surface area contributed by atoms with Crippen LogP contribution in [-0.4, -0.2) is 21.2 Å². The number of rotatable bonds is 3. The second-order valence-corrected chi connectivity index (χ2v) is 5.88. The first-order valence-electron chi connectivity index (χ1n) is 6.77. The maximum absolute atomic E-state index is 12.5. The number of nitro groups is 1. The van der Waals surface area contributed by atoms with Crippen molar-refractivity contribution < 1.29 is 19.6 Å². The van der Waals surface area contributed by atoms with Crippen molar-refractivity contribution in [2.75, 3.05) is 4.90 Å². The van der Waals surface area contributed by atoms with Crippen molar-refractivity contribution in [3.05, 3.63) is 69.1 Å². The summed E-state index contributed by atoms with van der Waals surface area (Å²) in [7, 11) is 0. The van der Waals surface area contributed by atoms with E-state index in [4.69, 9.17) is 0 Å². The number of phenols is 1. The Kier molecular flexibility index (Phi) is 4.05. The van der Waals surface area contributed by atoms with Crippen molar-refractivity contribution in [1.29, 1.82) is 0 Å². The average Bonchev–Trinajstić information content (AvgIpc) is 2.81. The summed E-state index contributed by atoms with van der Waals surface area (Å²) in [6.07, 6.45) is 1.43. The van der Waals surface area contributed by atoms with Crippen molar-refractivity contribution in [2.24, 2.45) is 0 Å². The number of hydrogen-bond acceptors (Lipinski definition) is 6. The number of non-ortho nitro benzene ring substituents is 1. The highest BCUT2D eigenvalue weighted by Crippen LogP contribution is 2.36. The minimum absolute atomic E-state index is 0.0609. The summed E-state index contributed by atoms with van der Waals surface area (Å²) in [5.74, 6) is -0.601. The lowest BCUT2D eigenvalue weighted by molar-refractivity contribution is -0.384. The van der Waals surface area contributed by atoms with E-state index in [9.17, 15) is 24.8 Å². The number of nitro benzene ring substituents is 1. The van der Waals surface area contributed by atoms with Crippen LogP contribution in [0.1, 0.15) is 5.56 Å². The molecule has 8 heteroatoms. The normalized spacial score (nSPS) is 16.0. The number of carbonyl (C=O) groups is 2. The second kappa shape index (κ2) is 6.17. The van der Waals surface area contributed by atoms with Crippen molar-refractivity contribution in [3.8, 4) is 5.75 Å².